The summed E-state index contributed by atoms with van der Waals surface area (Å²) in [5.74, 6) is 0. The van der Waals surface area contributed by atoms with Gasteiger partial charge in [0.1, 0.15) is 6.17 Å². The van der Waals surface area contributed by atoms with Crippen LogP contribution in [0.1, 0.15) is 12.8 Å². The van der Waals surface area contributed by atoms with Gasteiger partial charge in [-0.1, -0.05) is 0 Å². The van der Waals surface area contributed by atoms with Crippen molar-refractivity contribution in [3.63, 3.8) is 0 Å². The smallest absolute Gasteiger partial charge is 0.409 e. The Morgan fingerprint density at radius 1 is 1.73 bits per heavy atom. The fraction of sp³-hybridized carbons (Fsp3) is 0.857. The van der Waals surface area contributed by atoms with E-state index >= 15 is 0 Å². The highest BCUT2D eigenvalue weighted by Crippen LogP contribution is 2.13. The molecule has 4 heteroatoms. The zero-order valence-electron chi connectivity index (χ0n) is 6.55. The molecule has 0 unspecified atom stereocenters. The third-order valence-electron chi connectivity index (χ3n) is 1.80. The summed E-state index contributed by atoms with van der Waals surface area (Å²) in [6.07, 6.45) is -0.000713. The largest absolute Gasteiger partial charge is 0.453 e. The normalized spacial score (nSPS) is 24.9. The highest BCUT2D eigenvalue weighted by atomic mass is 19.1. The molecule has 1 fully saturated rings. The lowest BCUT2D eigenvalue weighted by molar-refractivity contribution is 0.0919. The Labute approximate surface area is 65.1 Å². The van der Waals surface area contributed by atoms with Gasteiger partial charge in [-0.05, 0) is 12.8 Å². The maximum atomic E-state index is 12.7. The van der Waals surface area contributed by atoms with Gasteiger partial charge >= 0.3 is 6.09 Å². The van der Waals surface area contributed by atoms with Crippen molar-refractivity contribution < 1.29 is 13.9 Å². The Morgan fingerprint density at radius 2 is 2.45 bits per heavy atom. The summed E-state index contributed by atoms with van der Waals surface area (Å²) in [5, 5.41) is 0. The van der Waals surface area contributed by atoms with E-state index in [0.717, 1.165) is 6.42 Å². The standard InChI is InChI=1S/C7H12FNO2/c1-11-7(10)9-4-2-3-6(8)5-9/h6H,2-5H2,1H3/t6-/m1/s1. The lowest BCUT2D eigenvalue weighted by Crippen LogP contribution is -2.40. The number of methoxy groups -OCH3 is 1. The SMILES string of the molecule is COC(=O)N1CCC[C@@H](F)C1. The number of alkyl halides is 1. The summed E-state index contributed by atoms with van der Waals surface area (Å²) < 4.78 is 17.1. The average Bonchev–Trinajstić information content (AvgIpc) is 2.03. The van der Waals surface area contributed by atoms with E-state index in [2.05, 4.69) is 4.74 Å². The van der Waals surface area contributed by atoms with E-state index in [1.807, 2.05) is 0 Å². The van der Waals surface area contributed by atoms with Crippen LogP contribution in [0.4, 0.5) is 9.18 Å². The van der Waals surface area contributed by atoms with Crippen LogP contribution >= 0.6 is 0 Å². The second-order valence-electron chi connectivity index (χ2n) is 2.66. The summed E-state index contributed by atoms with van der Waals surface area (Å²) in [5.41, 5.74) is 0. The zero-order chi connectivity index (χ0) is 8.27. The molecule has 0 N–H and O–H groups in total. The third kappa shape index (κ3) is 2.06. The van der Waals surface area contributed by atoms with Crippen LogP contribution in [0, 0.1) is 0 Å². The second-order valence-corrected chi connectivity index (χ2v) is 2.66. The first-order valence-corrected chi connectivity index (χ1v) is 3.71. The number of nitrogens with zero attached hydrogens (tertiary/aromatic N) is 1. The van der Waals surface area contributed by atoms with Crippen LogP contribution < -0.4 is 0 Å². The van der Waals surface area contributed by atoms with Gasteiger partial charge in [0.2, 0.25) is 0 Å². The van der Waals surface area contributed by atoms with Crippen molar-refractivity contribution in [2.24, 2.45) is 0 Å². The summed E-state index contributed by atoms with van der Waals surface area (Å²) in [6, 6.07) is 0. The van der Waals surface area contributed by atoms with Crippen molar-refractivity contribution in [2.45, 2.75) is 19.0 Å². The molecule has 1 amide bonds. The number of carbonyl (C=O) groups is 1. The number of carbonyl (C=O) groups excluding carboxylic acids is 1. The minimum Gasteiger partial charge on any atom is -0.453 e. The Morgan fingerprint density at radius 3 is 3.00 bits per heavy atom. The Bertz CT molecular complexity index is 151. The van der Waals surface area contributed by atoms with Crippen molar-refractivity contribution in [3.8, 4) is 0 Å². The highest BCUT2D eigenvalue weighted by molar-refractivity contribution is 5.67. The molecule has 0 aliphatic carbocycles. The first-order valence-electron chi connectivity index (χ1n) is 3.71. The molecule has 1 aliphatic heterocycles. The van der Waals surface area contributed by atoms with E-state index in [-0.39, 0.29) is 6.54 Å². The molecule has 1 saturated heterocycles. The van der Waals surface area contributed by atoms with Crippen LogP contribution in [0.2, 0.25) is 0 Å². The minimum atomic E-state index is -0.872. The van der Waals surface area contributed by atoms with Crippen molar-refractivity contribution >= 4 is 6.09 Å². The van der Waals surface area contributed by atoms with Crippen molar-refractivity contribution in [3.05, 3.63) is 0 Å². The van der Waals surface area contributed by atoms with Crippen LogP contribution in [0.25, 0.3) is 0 Å². The molecular formula is C7H12FNO2. The molecule has 3 nitrogen and oxygen atoms in total. The number of hydrogen-bond acceptors (Lipinski definition) is 2. The molecule has 1 heterocycles. The lowest BCUT2D eigenvalue weighted by Gasteiger charge is -2.27. The highest BCUT2D eigenvalue weighted by Gasteiger charge is 2.23. The second kappa shape index (κ2) is 3.55. The van der Waals surface area contributed by atoms with Gasteiger partial charge in [-0.2, -0.15) is 0 Å². The number of rotatable bonds is 0. The fourth-order valence-electron chi connectivity index (χ4n) is 1.22. The summed E-state index contributed by atoms with van der Waals surface area (Å²) >= 11 is 0. The van der Waals surface area contributed by atoms with Crippen LogP contribution in [0.15, 0.2) is 0 Å². The molecule has 0 aromatic heterocycles. The summed E-state index contributed by atoms with van der Waals surface area (Å²) in [6.45, 7) is 0.805. The van der Waals surface area contributed by atoms with Gasteiger partial charge in [0.25, 0.3) is 0 Å². The van der Waals surface area contributed by atoms with Crippen LogP contribution in [-0.2, 0) is 4.74 Å². The van der Waals surface area contributed by atoms with E-state index < -0.39 is 12.3 Å². The van der Waals surface area contributed by atoms with Gasteiger partial charge in [0.15, 0.2) is 0 Å². The third-order valence-corrected chi connectivity index (χ3v) is 1.80. The van der Waals surface area contributed by atoms with E-state index in [4.69, 9.17) is 0 Å². The van der Waals surface area contributed by atoms with Crippen molar-refractivity contribution in [1.82, 2.24) is 4.90 Å². The number of ether oxygens (including phenoxy) is 1. The van der Waals surface area contributed by atoms with Gasteiger partial charge in [-0.15, -0.1) is 0 Å². The summed E-state index contributed by atoms with van der Waals surface area (Å²) in [7, 11) is 1.31. The molecule has 0 bridgehead atoms. The first-order chi connectivity index (χ1) is 5.24. The molecule has 64 valence electrons. The molecule has 0 aromatic carbocycles. The van der Waals surface area contributed by atoms with E-state index in [1.165, 1.54) is 12.0 Å². The van der Waals surface area contributed by atoms with E-state index in [1.54, 1.807) is 0 Å². The van der Waals surface area contributed by atoms with E-state index in [0.29, 0.717) is 13.0 Å². The van der Waals surface area contributed by atoms with Crippen molar-refractivity contribution in [2.75, 3.05) is 20.2 Å². The van der Waals surface area contributed by atoms with Gasteiger partial charge in [-0.3, -0.25) is 0 Å². The molecule has 0 spiro atoms. The van der Waals surface area contributed by atoms with Crippen LogP contribution in [0.3, 0.4) is 0 Å². The lowest BCUT2D eigenvalue weighted by atomic mass is 10.1. The average molecular weight is 161 g/mol. The quantitative estimate of drug-likeness (QED) is 0.534. The van der Waals surface area contributed by atoms with Crippen LogP contribution in [-0.4, -0.2) is 37.4 Å². The first kappa shape index (κ1) is 8.30. The van der Waals surface area contributed by atoms with Gasteiger partial charge in [-0.25, -0.2) is 9.18 Å². The molecule has 0 aromatic rings. The Hall–Kier alpha value is -0.800. The molecule has 11 heavy (non-hydrogen) atoms. The molecule has 0 saturated carbocycles. The molecule has 0 radical (unpaired) electrons. The zero-order valence-corrected chi connectivity index (χ0v) is 6.55. The number of hydrogen-bond donors (Lipinski definition) is 0. The number of piperidine rings is 1. The number of likely N-dealkylation sites (tertiary alicyclic amines) is 1. The predicted octanol–water partition coefficient (Wildman–Crippen LogP) is 1.19. The van der Waals surface area contributed by atoms with Gasteiger partial charge < -0.3 is 9.64 Å². The van der Waals surface area contributed by atoms with Gasteiger partial charge in [0.05, 0.1) is 13.7 Å². The monoisotopic (exact) mass is 161 g/mol. The van der Waals surface area contributed by atoms with Gasteiger partial charge in [0, 0.05) is 6.54 Å². The molecule has 1 atom stereocenters. The Balaban J connectivity index is 2.39. The minimum absolute atomic E-state index is 0.187. The maximum absolute atomic E-state index is 12.7. The maximum Gasteiger partial charge on any atom is 0.409 e. The topological polar surface area (TPSA) is 29.5 Å². The van der Waals surface area contributed by atoms with Crippen molar-refractivity contribution in [1.29, 1.82) is 0 Å². The summed E-state index contributed by atoms with van der Waals surface area (Å²) in [4.78, 5) is 12.2. The molecule has 1 aliphatic rings. The molecule has 1 rings (SSSR count). The van der Waals surface area contributed by atoms with Crippen LogP contribution in [0.5, 0.6) is 0 Å². The Kier molecular flexibility index (Phi) is 2.68. The fourth-order valence-corrected chi connectivity index (χ4v) is 1.22. The molecular weight excluding hydrogens is 149 g/mol. The van der Waals surface area contributed by atoms with E-state index in [9.17, 15) is 9.18 Å². The predicted molar refractivity (Wildman–Crippen MR) is 38.1 cm³/mol. The number of amides is 1. The number of halogens is 1.